The summed E-state index contributed by atoms with van der Waals surface area (Å²) in [5, 5.41) is 7.99. The molecule has 0 saturated heterocycles. The number of nitrogens with one attached hydrogen (secondary N) is 1. The number of benzene rings is 1. The molecule has 3 nitrogen and oxygen atoms in total. The molecular weight excluding hydrogens is 246 g/mol. The zero-order valence-corrected chi connectivity index (χ0v) is 13.2. The highest BCUT2D eigenvalue weighted by Gasteiger charge is 2.16. The maximum Gasteiger partial charge on any atom is 0.0624 e. The first-order valence-electron chi connectivity index (χ1n) is 7.32. The minimum absolute atomic E-state index is 0.329. The van der Waals surface area contributed by atoms with E-state index < -0.39 is 0 Å². The molecule has 0 fully saturated rings. The quantitative estimate of drug-likeness (QED) is 0.905. The standard InChI is InChI=1S/C17H25N3/c1-6-14-10-15(20(5)19-14)11-17(18-4)16-9-7-8-12(2)13(16)3/h7-10,17-18H,6,11H2,1-5H3. The molecule has 0 radical (unpaired) electrons. The summed E-state index contributed by atoms with van der Waals surface area (Å²) >= 11 is 0. The molecule has 2 rings (SSSR count). The van der Waals surface area contributed by atoms with Crippen molar-refractivity contribution in [2.45, 2.75) is 39.7 Å². The fourth-order valence-electron chi connectivity index (χ4n) is 2.66. The van der Waals surface area contributed by atoms with Gasteiger partial charge in [-0.1, -0.05) is 25.1 Å². The number of aryl methyl sites for hydroxylation is 3. The molecule has 0 aliphatic heterocycles. The van der Waals surface area contributed by atoms with Gasteiger partial charge in [0.2, 0.25) is 0 Å². The van der Waals surface area contributed by atoms with E-state index in [0.29, 0.717) is 6.04 Å². The Morgan fingerprint density at radius 2 is 2.05 bits per heavy atom. The van der Waals surface area contributed by atoms with Gasteiger partial charge >= 0.3 is 0 Å². The molecule has 0 spiro atoms. The van der Waals surface area contributed by atoms with Gasteiger partial charge in [0, 0.05) is 25.2 Å². The van der Waals surface area contributed by atoms with E-state index in [2.05, 4.69) is 55.5 Å². The lowest BCUT2D eigenvalue weighted by Crippen LogP contribution is -2.21. The molecule has 0 bridgehead atoms. The third-order valence-corrected chi connectivity index (χ3v) is 4.17. The third-order valence-electron chi connectivity index (χ3n) is 4.17. The van der Waals surface area contributed by atoms with Gasteiger partial charge in [0.05, 0.1) is 5.69 Å². The Morgan fingerprint density at radius 3 is 2.65 bits per heavy atom. The van der Waals surface area contributed by atoms with Crippen LogP contribution in [0.3, 0.4) is 0 Å². The summed E-state index contributed by atoms with van der Waals surface area (Å²) in [5.41, 5.74) is 6.55. The topological polar surface area (TPSA) is 29.9 Å². The van der Waals surface area contributed by atoms with Crippen molar-refractivity contribution in [3.8, 4) is 0 Å². The number of likely N-dealkylation sites (N-methyl/N-ethyl adjacent to an activating group) is 1. The first kappa shape index (κ1) is 14.8. The molecule has 1 aromatic heterocycles. The Labute approximate surface area is 122 Å². The molecule has 0 amide bonds. The van der Waals surface area contributed by atoms with E-state index in [4.69, 9.17) is 0 Å². The van der Waals surface area contributed by atoms with Gasteiger partial charge in [-0.15, -0.1) is 0 Å². The molecule has 3 heteroatoms. The highest BCUT2D eigenvalue weighted by molar-refractivity contribution is 5.36. The average Bonchev–Trinajstić information content (AvgIpc) is 2.80. The second-order valence-corrected chi connectivity index (χ2v) is 5.44. The van der Waals surface area contributed by atoms with Crippen LogP contribution in [0.4, 0.5) is 0 Å². The van der Waals surface area contributed by atoms with Gasteiger partial charge in [-0.25, -0.2) is 0 Å². The van der Waals surface area contributed by atoms with Crippen molar-refractivity contribution in [3.63, 3.8) is 0 Å². The Hall–Kier alpha value is -1.61. The predicted octanol–water partition coefficient (Wildman–Crippen LogP) is 3.10. The lowest BCUT2D eigenvalue weighted by atomic mass is 9.94. The summed E-state index contributed by atoms with van der Waals surface area (Å²) in [7, 11) is 4.06. The Balaban J connectivity index is 2.28. The van der Waals surface area contributed by atoms with E-state index >= 15 is 0 Å². The van der Waals surface area contributed by atoms with Gasteiger partial charge < -0.3 is 5.32 Å². The minimum Gasteiger partial charge on any atom is -0.313 e. The summed E-state index contributed by atoms with van der Waals surface area (Å²) in [4.78, 5) is 0. The molecule has 0 aliphatic rings. The van der Waals surface area contributed by atoms with Crippen molar-refractivity contribution in [2.24, 2.45) is 7.05 Å². The molecule has 20 heavy (non-hydrogen) atoms. The molecule has 0 aliphatic carbocycles. The fraction of sp³-hybridized carbons (Fsp3) is 0.471. The highest BCUT2D eigenvalue weighted by atomic mass is 15.3. The number of nitrogens with zero attached hydrogens (tertiary/aromatic N) is 2. The van der Waals surface area contributed by atoms with Crippen LogP contribution in [0.5, 0.6) is 0 Å². The van der Waals surface area contributed by atoms with Crippen LogP contribution in [0.2, 0.25) is 0 Å². The Kier molecular flexibility index (Phi) is 4.61. The van der Waals surface area contributed by atoms with E-state index in [0.717, 1.165) is 12.8 Å². The molecular formula is C17H25N3. The monoisotopic (exact) mass is 271 g/mol. The van der Waals surface area contributed by atoms with Crippen LogP contribution in [0.1, 0.15) is 41.0 Å². The summed E-state index contributed by atoms with van der Waals surface area (Å²) < 4.78 is 2.01. The Bertz CT molecular complexity index is 584. The Morgan fingerprint density at radius 1 is 1.30 bits per heavy atom. The van der Waals surface area contributed by atoms with Crippen LogP contribution in [0.25, 0.3) is 0 Å². The number of hydrogen-bond acceptors (Lipinski definition) is 2. The van der Waals surface area contributed by atoms with Gasteiger partial charge in [0.15, 0.2) is 0 Å². The van der Waals surface area contributed by atoms with Gasteiger partial charge in [0.25, 0.3) is 0 Å². The number of rotatable bonds is 5. The molecule has 108 valence electrons. The first-order valence-corrected chi connectivity index (χ1v) is 7.32. The molecule has 0 saturated carbocycles. The van der Waals surface area contributed by atoms with E-state index in [1.807, 2.05) is 18.8 Å². The normalized spacial score (nSPS) is 12.7. The van der Waals surface area contributed by atoms with Crippen molar-refractivity contribution in [3.05, 3.63) is 52.3 Å². The van der Waals surface area contributed by atoms with Crippen LogP contribution >= 0.6 is 0 Å². The summed E-state index contributed by atoms with van der Waals surface area (Å²) in [5.74, 6) is 0. The van der Waals surface area contributed by atoms with Crippen LogP contribution in [0, 0.1) is 13.8 Å². The number of aromatic nitrogens is 2. The molecule has 2 aromatic rings. The van der Waals surface area contributed by atoms with Crippen LogP contribution in [-0.2, 0) is 19.9 Å². The SMILES string of the molecule is CCc1cc(CC(NC)c2cccc(C)c2C)n(C)n1. The zero-order valence-electron chi connectivity index (χ0n) is 13.2. The molecule has 1 unspecified atom stereocenters. The molecule has 1 aromatic carbocycles. The van der Waals surface area contributed by atoms with Crippen molar-refractivity contribution in [1.82, 2.24) is 15.1 Å². The van der Waals surface area contributed by atoms with Gasteiger partial charge in [-0.2, -0.15) is 5.10 Å². The van der Waals surface area contributed by atoms with Crippen molar-refractivity contribution in [2.75, 3.05) is 7.05 Å². The van der Waals surface area contributed by atoms with Crippen LogP contribution < -0.4 is 5.32 Å². The second kappa shape index (κ2) is 6.23. The fourth-order valence-corrected chi connectivity index (χ4v) is 2.66. The van der Waals surface area contributed by atoms with Crippen molar-refractivity contribution in [1.29, 1.82) is 0 Å². The highest BCUT2D eigenvalue weighted by Crippen LogP contribution is 2.23. The largest absolute Gasteiger partial charge is 0.313 e. The summed E-state index contributed by atoms with van der Waals surface area (Å²) in [6, 6.07) is 9.08. The molecule has 1 N–H and O–H groups in total. The summed E-state index contributed by atoms with van der Waals surface area (Å²) in [6.45, 7) is 6.52. The van der Waals surface area contributed by atoms with Crippen LogP contribution in [0.15, 0.2) is 24.3 Å². The van der Waals surface area contributed by atoms with Gasteiger partial charge in [0.1, 0.15) is 0 Å². The first-order chi connectivity index (χ1) is 9.56. The maximum absolute atomic E-state index is 4.54. The molecule has 1 atom stereocenters. The van der Waals surface area contributed by atoms with E-state index in [9.17, 15) is 0 Å². The van der Waals surface area contributed by atoms with E-state index in [-0.39, 0.29) is 0 Å². The van der Waals surface area contributed by atoms with Crippen molar-refractivity contribution >= 4 is 0 Å². The van der Waals surface area contributed by atoms with Gasteiger partial charge in [-0.05, 0) is 50.1 Å². The maximum atomic E-state index is 4.54. The number of hydrogen-bond donors (Lipinski definition) is 1. The molecule has 1 heterocycles. The smallest absolute Gasteiger partial charge is 0.0624 e. The van der Waals surface area contributed by atoms with Crippen LogP contribution in [-0.4, -0.2) is 16.8 Å². The average molecular weight is 271 g/mol. The van der Waals surface area contributed by atoms with Crippen molar-refractivity contribution < 1.29 is 0 Å². The summed E-state index contributed by atoms with van der Waals surface area (Å²) in [6.07, 6.45) is 1.95. The predicted molar refractivity (Wildman–Crippen MR) is 84.0 cm³/mol. The lowest BCUT2D eigenvalue weighted by Gasteiger charge is -2.20. The van der Waals surface area contributed by atoms with E-state index in [1.54, 1.807) is 0 Å². The van der Waals surface area contributed by atoms with E-state index in [1.165, 1.54) is 28.1 Å². The lowest BCUT2D eigenvalue weighted by molar-refractivity contribution is 0.558. The second-order valence-electron chi connectivity index (χ2n) is 5.44. The van der Waals surface area contributed by atoms with Gasteiger partial charge in [-0.3, -0.25) is 4.68 Å². The minimum atomic E-state index is 0.329. The third kappa shape index (κ3) is 2.93. The zero-order chi connectivity index (χ0) is 14.7.